The van der Waals surface area contributed by atoms with E-state index in [4.69, 9.17) is 4.74 Å². The standard InChI is InChI=1S/C15H22N2O2/c1-11-5-4-6-13(7-11)12(2)17-14(18)8-19-15(3)9-16-10-15/h4-7,12,16H,8-10H2,1-3H3,(H,17,18)/t12-/m1/s1. The molecule has 0 bridgehead atoms. The van der Waals surface area contributed by atoms with Crippen LogP contribution < -0.4 is 10.6 Å². The normalized spacial score (nSPS) is 18.5. The number of aryl methyl sites for hydroxylation is 1. The molecule has 1 heterocycles. The molecule has 104 valence electrons. The van der Waals surface area contributed by atoms with Gasteiger partial charge in [-0.05, 0) is 26.3 Å². The van der Waals surface area contributed by atoms with Crippen molar-refractivity contribution in [3.05, 3.63) is 35.4 Å². The quantitative estimate of drug-likeness (QED) is 0.846. The smallest absolute Gasteiger partial charge is 0.246 e. The third-order valence-electron chi connectivity index (χ3n) is 3.47. The third-order valence-corrected chi connectivity index (χ3v) is 3.47. The number of ether oxygens (including phenoxy) is 1. The fraction of sp³-hybridized carbons (Fsp3) is 0.533. The van der Waals surface area contributed by atoms with E-state index in [1.807, 2.05) is 39.0 Å². The Morgan fingerprint density at radius 3 is 2.84 bits per heavy atom. The molecule has 1 amide bonds. The minimum absolute atomic E-state index is 0.00308. The lowest BCUT2D eigenvalue weighted by molar-refractivity contribution is -0.136. The number of hydrogen-bond acceptors (Lipinski definition) is 3. The van der Waals surface area contributed by atoms with Crippen LogP contribution in [0.3, 0.4) is 0 Å². The van der Waals surface area contributed by atoms with Crippen LogP contribution in [0.4, 0.5) is 0 Å². The predicted molar refractivity (Wildman–Crippen MR) is 75.0 cm³/mol. The second-order valence-electron chi connectivity index (χ2n) is 5.55. The summed E-state index contributed by atoms with van der Waals surface area (Å²) in [5.74, 6) is -0.0675. The lowest BCUT2D eigenvalue weighted by Gasteiger charge is -2.38. The predicted octanol–water partition coefficient (Wildman–Crippen LogP) is 1.55. The first kappa shape index (κ1) is 14.0. The van der Waals surface area contributed by atoms with Gasteiger partial charge in [-0.2, -0.15) is 0 Å². The topological polar surface area (TPSA) is 50.4 Å². The SMILES string of the molecule is Cc1cccc([C@@H](C)NC(=O)COC2(C)CNC2)c1. The number of benzene rings is 1. The number of rotatable bonds is 5. The third kappa shape index (κ3) is 3.78. The summed E-state index contributed by atoms with van der Waals surface area (Å²) in [4.78, 5) is 11.8. The molecule has 1 aliphatic rings. The first-order valence-corrected chi connectivity index (χ1v) is 6.69. The van der Waals surface area contributed by atoms with Crippen molar-refractivity contribution in [1.82, 2.24) is 10.6 Å². The number of carbonyl (C=O) groups excluding carboxylic acids is 1. The molecule has 2 N–H and O–H groups in total. The molecule has 1 atom stereocenters. The molecule has 0 aromatic heterocycles. The van der Waals surface area contributed by atoms with Gasteiger partial charge in [-0.3, -0.25) is 4.79 Å². The molecular weight excluding hydrogens is 240 g/mol. The summed E-state index contributed by atoms with van der Waals surface area (Å²) < 4.78 is 5.61. The summed E-state index contributed by atoms with van der Waals surface area (Å²) in [5, 5.41) is 6.10. The number of nitrogens with one attached hydrogen (secondary N) is 2. The van der Waals surface area contributed by atoms with E-state index >= 15 is 0 Å². The fourth-order valence-corrected chi connectivity index (χ4v) is 2.12. The van der Waals surface area contributed by atoms with Crippen LogP contribution in [-0.2, 0) is 9.53 Å². The highest BCUT2D eigenvalue weighted by molar-refractivity contribution is 5.77. The van der Waals surface area contributed by atoms with Gasteiger partial charge in [-0.15, -0.1) is 0 Å². The molecule has 1 aromatic carbocycles. The van der Waals surface area contributed by atoms with Crippen LogP contribution in [-0.4, -0.2) is 31.2 Å². The zero-order chi connectivity index (χ0) is 13.9. The van der Waals surface area contributed by atoms with Gasteiger partial charge in [0.2, 0.25) is 5.91 Å². The first-order chi connectivity index (χ1) is 8.98. The van der Waals surface area contributed by atoms with Crippen LogP contribution in [0.5, 0.6) is 0 Å². The van der Waals surface area contributed by atoms with Crippen molar-refractivity contribution in [2.24, 2.45) is 0 Å². The van der Waals surface area contributed by atoms with Gasteiger partial charge in [0.1, 0.15) is 6.61 Å². The fourth-order valence-electron chi connectivity index (χ4n) is 2.12. The van der Waals surface area contributed by atoms with E-state index < -0.39 is 0 Å². The summed E-state index contributed by atoms with van der Waals surface area (Å²) in [5.41, 5.74) is 2.14. The zero-order valence-electron chi connectivity index (χ0n) is 11.8. The molecule has 1 saturated heterocycles. The Bertz CT molecular complexity index is 455. The van der Waals surface area contributed by atoms with Crippen molar-refractivity contribution < 1.29 is 9.53 Å². The Hall–Kier alpha value is -1.39. The molecule has 19 heavy (non-hydrogen) atoms. The van der Waals surface area contributed by atoms with Crippen molar-refractivity contribution >= 4 is 5.91 Å². The molecule has 1 fully saturated rings. The van der Waals surface area contributed by atoms with Gasteiger partial charge in [0.15, 0.2) is 0 Å². The molecule has 0 radical (unpaired) electrons. The minimum atomic E-state index is -0.177. The summed E-state index contributed by atoms with van der Waals surface area (Å²) in [6.07, 6.45) is 0. The maximum Gasteiger partial charge on any atom is 0.246 e. The highest BCUT2D eigenvalue weighted by Gasteiger charge is 2.33. The average Bonchev–Trinajstić information content (AvgIpc) is 2.34. The van der Waals surface area contributed by atoms with Crippen LogP contribution in [0.2, 0.25) is 0 Å². The van der Waals surface area contributed by atoms with E-state index in [-0.39, 0.29) is 24.2 Å². The van der Waals surface area contributed by atoms with Crippen LogP contribution in [0.25, 0.3) is 0 Å². The molecule has 1 aliphatic heterocycles. The van der Waals surface area contributed by atoms with E-state index in [9.17, 15) is 4.79 Å². The van der Waals surface area contributed by atoms with Gasteiger partial charge in [-0.25, -0.2) is 0 Å². The Kier molecular flexibility index (Phi) is 4.22. The van der Waals surface area contributed by atoms with Crippen molar-refractivity contribution in [1.29, 1.82) is 0 Å². The van der Waals surface area contributed by atoms with Gasteiger partial charge in [0.25, 0.3) is 0 Å². The average molecular weight is 262 g/mol. The maximum absolute atomic E-state index is 11.8. The van der Waals surface area contributed by atoms with Crippen molar-refractivity contribution in [3.63, 3.8) is 0 Å². The second-order valence-corrected chi connectivity index (χ2v) is 5.55. The molecule has 0 saturated carbocycles. The summed E-state index contributed by atoms with van der Waals surface area (Å²) >= 11 is 0. The lowest BCUT2D eigenvalue weighted by atomic mass is 10.0. The molecule has 4 nitrogen and oxygen atoms in total. The Morgan fingerprint density at radius 1 is 1.53 bits per heavy atom. The molecule has 1 aromatic rings. The largest absolute Gasteiger partial charge is 0.363 e. The first-order valence-electron chi connectivity index (χ1n) is 6.69. The number of hydrogen-bond donors (Lipinski definition) is 2. The molecule has 0 aliphatic carbocycles. The molecule has 2 rings (SSSR count). The molecule has 0 spiro atoms. The van der Waals surface area contributed by atoms with Crippen LogP contribution in [0, 0.1) is 6.92 Å². The maximum atomic E-state index is 11.8. The van der Waals surface area contributed by atoms with E-state index in [1.54, 1.807) is 0 Å². The van der Waals surface area contributed by atoms with Crippen LogP contribution in [0.15, 0.2) is 24.3 Å². The van der Waals surface area contributed by atoms with Gasteiger partial charge in [0, 0.05) is 13.1 Å². The molecule has 4 heteroatoms. The molecule has 0 unspecified atom stereocenters. The second kappa shape index (κ2) is 5.72. The van der Waals surface area contributed by atoms with Crippen LogP contribution >= 0.6 is 0 Å². The van der Waals surface area contributed by atoms with E-state index in [0.717, 1.165) is 18.7 Å². The Labute approximate surface area is 114 Å². The van der Waals surface area contributed by atoms with Crippen LogP contribution in [0.1, 0.15) is 31.0 Å². The minimum Gasteiger partial charge on any atom is -0.363 e. The monoisotopic (exact) mass is 262 g/mol. The van der Waals surface area contributed by atoms with E-state index in [1.165, 1.54) is 5.56 Å². The summed E-state index contributed by atoms with van der Waals surface area (Å²) in [7, 11) is 0. The van der Waals surface area contributed by atoms with Gasteiger partial charge < -0.3 is 15.4 Å². The van der Waals surface area contributed by atoms with Gasteiger partial charge in [-0.1, -0.05) is 29.8 Å². The van der Waals surface area contributed by atoms with Crippen molar-refractivity contribution in [2.75, 3.05) is 19.7 Å². The highest BCUT2D eigenvalue weighted by atomic mass is 16.5. The highest BCUT2D eigenvalue weighted by Crippen LogP contribution is 2.16. The zero-order valence-corrected chi connectivity index (χ0v) is 11.8. The lowest BCUT2D eigenvalue weighted by Crippen LogP contribution is -2.59. The van der Waals surface area contributed by atoms with Gasteiger partial charge >= 0.3 is 0 Å². The Balaban J connectivity index is 1.81. The van der Waals surface area contributed by atoms with E-state index in [0.29, 0.717) is 0 Å². The number of carbonyl (C=O) groups is 1. The van der Waals surface area contributed by atoms with Crippen molar-refractivity contribution in [3.8, 4) is 0 Å². The summed E-state index contributed by atoms with van der Waals surface area (Å²) in [6, 6.07) is 8.17. The van der Waals surface area contributed by atoms with Gasteiger partial charge in [0.05, 0.1) is 11.6 Å². The van der Waals surface area contributed by atoms with E-state index in [2.05, 4.69) is 16.7 Å². The summed E-state index contributed by atoms with van der Waals surface area (Å²) in [6.45, 7) is 7.79. The number of amides is 1. The van der Waals surface area contributed by atoms with Crippen molar-refractivity contribution in [2.45, 2.75) is 32.4 Å². The molecular formula is C15H22N2O2. The Morgan fingerprint density at radius 2 is 2.26 bits per heavy atom.